The Balaban J connectivity index is 1.62. The molecule has 0 radical (unpaired) electrons. The number of hydrogen-bond acceptors (Lipinski definition) is 4. The first-order chi connectivity index (χ1) is 13.6. The van der Waals surface area contributed by atoms with E-state index in [1.165, 1.54) is 0 Å². The van der Waals surface area contributed by atoms with Crippen molar-refractivity contribution in [2.45, 2.75) is 84.7 Å². The number of aliphatic carboxylic acids is 1. The lowest BCUT2D eigenvalue weighted by molar-refractivity contribution is -0.168. The van der Waals surface area contributed by atoms with Crippen molar-refractivity contribution >= 4 is 17.5 Å². The van der Waals surface area contributed by atoms with Gasteiger partial charge in [0.05, 0.1) is 6.10 Å². The molecule has 4 saturated carbocycles. The summed E-state index contributed by atoms with van der Waals surface area (Å²) < 4.78 is 0. The van der Waals surface area contributed by atoms with Crippen LogP contribution in [0.2, 0.25) is 0 Å². The Morgan fingerprint density at radius 3 is 2.55 bits per heavy atom. The zero-order chi connectivity index (χ0) is 21.1. The first-order valence-corrected chi connectivity index (χ1v) is 11.5. The first-order valence-electron chi connectivity index (χ1n) is 11.5. The first kappa shape index (κ1) is 21.0. The fourth-order valence-corrected chi connectivity index (χ4v) is 8.13. The SMILES string of the molecule is C[C@H](CCC(=O)O)[C@H]1CC[C@H]2[C@@H]3C(=O)C[C@@H]4C[C@H](O)CC[C@@]4(C)[C@H]3CC(=O)[C@@]12C. The van der Waals surface area contributed by atoms with Crippen molar-refractivity contribution < 1.29 is 24.6 Å². The summed E-state index contributed by atoms with van der Waals surface area (Å²) in [5, 5.41) is 19.2. The number of aliphatic hydroxyl groups excluding tert-OH is 1. The Morgan fingerprint density at radius 1 is 1.14 bits per heavy atom. The van der Waals surface area contributed by atoms with Gasteiger partial charge in [-0.1, -0.05) is 20.8 Å². The second kappa shape index (κ2) is 7.18. The predicted molar refractivity (Wildman–Crippen MR) is 108 cm³/mol. The van der Waals surface area contributed by atoms with Crippen LogP contribution in [0.3, 0.4) is 0 Å². The van der Waals surface area contributed by atoms with Crippen LogP contribution in [0.15, 0.2) is 0 Å². The predicted octanol–water partition coefficient (Wildman–Crippen LogP) is 3.87. The molecule has 29 heavy (non-hydrogen) atoms. The molecular weight excluding hydrogens is 368 g/mol. The van der Waals surface area contributed by atoms with Crippen molar-refractivity contribution in [1.82, 2.24) is 0 Å². The Bertz CT molecular complexity index is 716. The molecule has 9 atom stereocenters. The van der Waals surface area contributed by atoms with Gasteiger partial charge in [0.1, 0.15) is 11.6 Å². The van der Waals surface area contributed by atoms with Gasteiger partial charge < -0.3 is 10.2 Å². The standard InChI is InChI=1S/C24H36O5/c1-13(4-7-21(28)29)16-5-6-17-22-18(12-20(27)24(16,17)3)23(2)9-8-15(25)10-14(23)11-19(22)26/h13-18,22,25H,4-12H2,1-3H3,(H,28,29)/t13-,14+,15-,16-,17+,18+,22+,23-,24+/m1/s1. The van der Waals surface area contributed by atoms with Gasteiger partial charge in [-0.2, -0.15) is 0 Å². The van der Waals surface area contributed by atoms with Gasteiger partial charge in [0, 0.05) is 30.6 Å². The summed E-state index contributed by atoms with van der Waals surface area (Å²) in [5.74, 6) is 0.550. The number of ketones is 2. The Labute approximate surface area is 173 Å². The van der Waals surface area contributed by atoms with Gasteiger partial charge in [-0.15, -0.1) is 0 Å². The minimum absolute atomic E-state index is 0.0260. The lowest BCUT2D eigenvalue weighted by Crippen LogP contribution is -2.60. The largest absolute Gasteiger partial charge is 0.481 e. The lowest BCUT2D eigenvalue weighted by Gasteiger charge is -2.59. The molecule has 2 N–H and O–H groups in total. The number of aliphatic hydroxyl groups is 1. The Kier molecular flexibility index (Phi) is 5.20. The zero-order valence-corrected chi connectivity index (χ0v) is 18.0. The molecule has 4 rings (SSSR count). The molecule has 0 spiro atoms. The van der Waals surface area contributed by atoms with Crippen LogP contribution in [0.4, 0.5) is 0 Å². The molecule has 0 bridgehead atoms. The molecule has 0 aromatic carbocycles. The van der Waals surface area contributed by atoms with Crippen LogP contribution < -0.4 is 0 Å². The number of hydrogen-bond donors (Lipinski definition) is 2. The second-order valence-corrected chi connectivity index (χ2v) is 11.0. The molecule has 0 aromatic heterocycles. The fourth-order valence-electron chi connectivity index (χ4n) is 8.13. The number of Topliss-reactive ketones (excluding diaryl/α,β-unsaturated/α-hetero) is 2. The summed E-state index contributed by atoms with van der Waals surface area (Å²) >= 11 is 0. The van der Waals surface area contributed by atoms with E-state index >= 15 is 0 Å². The van der Waals surface area contributed by atoms with E-state index in [4.69, 9.17) is 5.11 Å². The third kappa shape index (κ3) is 3.10. The summed E-state index contributed by atoms with van der Waals surface area (Å²) in [4.78, 5) is 38.0. The van der Waals surface area contributed by atoms with E-state index in [-0.39, 0.29) is 53.4 Å². The van der Waals surface area contributed by atoms with Crippen LogP contribution in [0.1, 0.15) is 78.6 Å². The smallest absolute Gasteiger partial charge is 0.303 e. The van der Waals surface area contributed by atoms with Gasteiger partial charge >= 0.3 is 5.97 Å². The monoisotopic (exact) mass is 404 g/mol. The summed E-state index contributed by atoms with van der Waals surface area (Å²) in [5.41, 5.74) is -0.520. The molecule has 0 unspecified atom stereocenters. The second-order valence-electron chi connectivity index (χ2n) is 11.0. The van der Waals surface area contributed by atoms with E-state index in [0.717, 1.165) is 25.7 Å². The van der Waals surface area contributed by atoms with E-state index in [1.54, 1.807) is 0 Å². The highest BCUT2D eigenvalue weighted by Gasteiger charge is 2.66. The molecule has 162 valence electrons. The quantitative estimate of drug-likeness (QED) is 0.742. The summed E-state index contributed by atoms with van der Waals surface area (Å²) in [7, 11) is 0. The van der Waals surface area contributed by atoms with Gasteiger partial charge in [0.25, 0.3) is 0 Å². The van der Waals surface area contributed by atoms with E-state index in [2.05, 4.69) is 20.8 Å². The van der Waals surface area contributed by atoms with Crippen molar-refractivity contribution in [1.29, 1.82) is 0 Å². The van der Waals surface area contributed by atoms with E-state index in [1.807, 2.05) is 0 Å². The zero-order valence-electron chi connectivity index (χ0n) is 18.0. The average Bonchev–Trinajstić information content (AvgIpc) is 3.01. The number of carboxylic acid groups (broad SMARTS) is 1. The van der Waals surface area contributed by atoms with Crippen LogP contribution in [0, 0.1) is 46.3 Å². The maximum atomic E-state index is 13.6. The highest BCUT2D eigenvalue weighted by atomic mass is 16.4. The molecule has 0 aliphatic heterocycles. The van der Waals surface area contributed by atoms with Gasteiger partial charge in [0.2, 0.25) is 0 Å². The number of carboxylic acids is 1. The minimum atomic E-state index is -0.785. The summed E-state index contributed by atoms with van der Waals surface area (Å²) in [6, 6.07) is 0. The molecule has 5 heteroatoms. The van der Waals surface area contributed by atoms with E-state index in [9.17, 15) is 19.5 Å². The number of carbonyl (C=O) groups excluding carboxylic acids is 2. The highest BCUT2D eigenvalue weighted by Crippen LogP contribution is 2.66. The van der Waals surface area contributed by atoms with Crippen LogP contribution in [0.25, 0.3) is 0 Å². The van der Waals surface area contributed by atoms with Crippen LogP contribution in [0.5, 0.6) is 0 Å². The third-order valence-electron chi connectivity index (χ3n) is 9.87. The molecule has 0 heterocycles. The normalized spacial score (nSPS) is 47.9. The Morgan fingerprint density at radius 2 is 1.86 bits per heavy atom. The fraction of sp³-hybridized carbons (Fsp3) is 0.875. The molecule has 5 nitrogen and oxygen atoms in total. The van der Waals surface area contributed by atoms with Crippen molar-refractivity contribution in [2.75, 3.05) is 0 Å². The van der Waals surface area contributed by atoms with Gasteiger partial charge in [0.15, 0.2) is 0 Å². The van der Waals surface area contributed by atoms with Crippen LogP contribution in [-0.4, -0.2) is 33.9 Å². The summed E-state index contributed by atoms with van der Waals surface area (Å²) in [6.45, 7) is 6.44. The minimum Gasteiger partial charge on any atom is -0.481 e. The van der Waals surface area contributed by atoms with Crippen molar-refractivity contribution in [3.05, 3.63) is 0 Å². The van der Waals surface area contributed by atoms with Gasteiger partial charge in [-0.3, -0.25) is 14.4 Å². The maximum absolute atomic E-state index is 13.6. The summed E-state index contributed by atoms with van der Waals surface area (Å²) in [6.07, 6.45) is 5.64. The third-order valence-corrected chi connectivity index (χ3v) is 9.87. The van der Waals surface area contributed by atoms with E-state index in [0.29, 0.717) is 37.2 Å². The maximum Gasteiger partial charge on any atom is 0.303 e. The van der Waals surface area contributed by atoms with Crippen molar-refractivity contribution in [2.24, 2.45) is 46.3 Å². The van der Waals surface area contributed by atoms with Crippen molar-refractivity contribution in [3.8, 4) is 0 Å². The van der Waals surface area contributed by atoms with Crippen LogP contribution >= 0.6 is 0 Å². The highest BCUT2D eigenvalue weighted by molar-refractivity contribution is 5.92. The van der Waals surface area contributed by atoms with Gasteiger partial charge in [-0.05, 0) is 73.5 Å². The molecule has 0 aromatic rings. The van der Waals surface area contributed by atoms with Gasteiger partial charge in [-0.25, -0.2) is 0 Å². The molecule has 4 aliphatic rings. The number of rotatable bonds is 4. The average molecular weight is 405 g/mol. The Hall–Kier alpha value is -1.23. The lowest BCUT2D eigenvalue weighted by atomic mass is 9.43. The number of fused-ring (bicyclic) bond motifs is 5. The topological polar surface area (TPSA) is 91.7 Å². The molecule has 4 fully saturated rings. The van der Waals surface area contributed by atoms with Crippen LogP contribution in [-0.2, 0) is 14.4 Å². The number of carbonyl (C=O) groups is 3. The molecule has 4 aliphatic carbocycles. The van der Waals surface area contributed by atoms with Crippen molar-refractivity contribution in [3.63, 3.8) is 0 Å². The van der Waals surface area contributed by atoms with E-state index < -0.39 is 11.4 Å². The molecule has 0 amide bonds. The molecular formula is C24H36O5. The molecule has 0 saturated heterocycles.